The molecule has 0 radical (unpaired) electrons. The maximum Gasteiger partial charge on any atom is 0.257 e. The Morgan fingerprint density at radius 1 is 1.55 bits per heavy atom. The van der Waals surface area contributed by atoms with Gasteiger partial charge in [-0.1, -0.05) is 6.92 Å². The van der Waals surface area contributed by atoms with Crippen LogP contribution >= 0.6 is 0 Å². The van der Waals surface area contributed by atoms with Crippen LogP contribution in [0.1, 0.15) is 49.4 Å². The molecule has 2 atom stereocenters. The minimum Gasteiger partial charge on any atom is -0.472 e. The summed E-state index contributed by atoms with van der Waals surface area (Å²) in [5.41, 5.74) is 0.369. The molecule has 2 aliphatic rings. The van der Waals surface area contributed by atoms with Crippen LogP contribution in [0.4, 0.5) is 0 Å². The van der Waals surface area contributed by atoms with E-state index in [0.717, 1.165) is 32.2 Å². The predicted octanol–water partition coefficient (Wildman–Crippen LogP) is 1.94. The number of furan rings is 1. The lowest BCUT2D eigenvalue weighted by atomic mass is 9.78. The standard InChI is InChI=1S/C15H20N2O3/c1-2-12-15(7-4-13(18)16-15)6-3-8-17(12)14(19)11-5-9-20-10-11/h5,9-10,12H,2-4,6-8H2,1H3,(H,16,18)/t12-,15-/m0/s1. The van der Waals surface area contributed by atoms with Gasteiger partial charge in [-0.25, -0.2) is 0 Å². The van der Waals surface area contributed by atoms with Gasteiger partial charge < -0.3 is 14.6 Å². The summed E-state index contributed by atoms with van der Waals surface area (Å²) in [5, 5.41) is 3.14. The summed E-state index contributed by atoms with van der Waals surface area (Å²) >= 11 is 0. The molecule has 0 unspecified atom stereocenters. The maximum absolute atomic E-state index is 12.6. The first-order chi connectivity index (χ1) is 9.66. The summed E-state index contributed by atoms with van der Waals surface area (Å²) in [6.45, 7) is 2.83. The second-order valence-corrected chi connectivity index (χ2v) is 5.74. The van der Waals surface area contributed by atoms with E-state index in [0.29, 0.717) is 12.0 Å². The van der Waals surface area contributed by atoms with E-state index in [1.165, 1.54) is 12.5 Å². The SMILES string of the molecule is CC[C@@H]1N(C(=O)c2ccoc2)CCC[C@]12CCC(=O)N2. The van der Waals surface area contributed by atoms with Gasteiger partial charge in [-0.2, -0.15) is 0 Å². The molecule has 0 aromatic carbocycles. The summed E-state index contributed by atoms with van der Waals surface area (Å²) in [6.07, 6.45) is 7.16. The third-order valence-electron chi connectivity index (χ3n) is 4.64. The second kappa shape index (κ2) is 4.96. The molecule has 5 heteroatoms. The van der Waals surface area contributed by atoms with Crippen molar-refractivity contribution < 1.29 is 14.0 Å². The number of hydrogen-bond acceptors (Lipinski definition) is 3. The van der Waals surface area contributed by atoms with Crippen LogP contribution in [0.15, 0.2) is 23.0 Å². The largest absolute Gasteiger partial charge is 0.472 e. The molecule has 5 nitrogen and oxygen atoms in total. The lowest BCUT2D eigenvalue weighted by Crippen LogP contribution is -2.63. The molecule has 0 aliphatic carbocycles. The van der Waals surface area contributed by atoms with Crippen LogP contribution in [-0.4, -0.2) is 34.8 Å². The maximum atomic E-state index is 12.6. The van der Waals surface area contributed by atoms with Crippen molar-refractivity contribution in [1.82, 2.24) is 10.2 Å². The van der Waals surface area contributed by atoms with Crippen LogP contribution in [0.3, 0.4) is 0 Å². The molecule has 0 saturated carbocycles. The van der Waals surface area contributed by atoms with Gasteiger partial charge in [0.05, 0.1) is 23.4 Å². The molecule has 20 heavy (non-hydrogen) atoms. The van der Waals surface area contributed by atoms with Gasteiger partial charge in [0, 0.05) is 13.0 Å². The number of carbonyl (C=O) groups is 2. The van der Waals surface area contributed by atoms with Crippen LogP contribution in [0.25, 0.3) is 0 Å². The molecule has 2 aliphatic heterocycles. The van der Waals surface area contributed by atoms with E-state index in [9.17, 15) is 9.59 Å². The molecule has 108 valence electrons. The van der Waals surface area contributed by atoms with Crippen molar-refractivity contribution in [2.45, 2.75) is 50.6 Å². The van der Waals surface area contributed by atoms with E-state index in [-0.39, 0.29) is 23.4 Å². The molecule has 2 fully saturated rings. The van der Waals surface area contributed by atoms with E-state index >= 15 is 0 Å². The zero-order chi connectivity index (χ0) is 14.2. The molecule has 3 heterocycles. The summed E-state index contributed by atoms with van der Waals surface area (Å²) in [5.74, 6) is 0.117. The fourth-order valence-electron chi connectivity index (χ4n) is 3.77. The Hall–Kier alpha value is -1.78. The monoisotopic (exact) mass is 276 g/mol. The highest BCUT2D eigenvalue weighted by molar-refractivity contribution is 5.94. The van der Waals surface area contributed by atoms with E-state index in [4.69, 9.17) is 4.42 Å². The zero-order valence-electron chi connectivity index (χ0n) is 11.7. The minimum atomic E-state index is -0.219. The summed E-state index contributed by atoms with van der Waals surface area (Å²) < 4.78 is 5.01. The first-order valence-corrected chi connectivity index (χ1v) is 7.30. The van der Waals surface area contributed by atoms with E-state index in [2.05, 4.69) is 12.2 Å². The van der Waals surface area contributed by atoms with Gasteiger partial charge in [-0.15, -0.1) is 0 Å². The third-order valence-corrected chi connectivity index (χ3v) is 4.64. The molecule has 3 rings (SSSR count). The van der Waals surface area contributed by atoms with E-state index in [1.807, 2.05) is 4.90 Å². The molecule has 1 aromatic rings. The number of piperidine rings is 1. The molecule has 2 amide bonds. The highest BCUT2D eigenvalue weighted by Crippen LogP contribution is 2.37. The number of nitrogens with zero attached hydrogens (tertiary/aromatic N) is 1. The Kier molecular flexibility index (Phi) is 3.28. The zero-order valence-corrected chi connectivity index (χ0v) is 11.7. The van der Waals surface area contributed by atoms with Gasteiger partial charge in [0.15, 0.2) is 0 Å². The predicted molar refractivity (Wildman–Crippen MR) is 73.2 cm³/mol. The fourth-order valence-corrected chi connectivity index (χ4v) is 3.77. The second-order valence-electron chi connectivity index (χ2n) is 5.74. The highest BCUT2D eigenvalue weighted by Gasteiger charge is 2.49. The van der Waals surface area contributed by atoms with Crippen LogP contribution in [0.2, 0.25) is 0 Å². The molecular weight excluding hydrogens is 256 g/mol. The van der Waals surface area contributed by atoms with Gasteiger partial charge in [0.25, 0.3) is 5.91 Å². The van der Waals surface area contributed by atoms with Crippen molar-refractivity contribution in [1.29, 1.82) is 0 Å². The van der Waals surface area contributed by atoms with E-state index < -0.39 is 0 Å². The molecule has 2 saturated heterocycles. The highest BCUT2D eigenvalue weighted by atomic mass is 16.3. The van der Waals surface area contributed by atoms with Crippen molar-refractivity contribution in [3.63, 3.8) is 0 Å². The van der Waals surface area contributed by atoms with Crippen LogP contribution < -0.4 is 5.32 Å². The van der Waals surface area contributed by atoms with Crippen LogP contribution in [-0.2, 0) is 4.79 Å². The lowest BCUT2D eigenvalue weighted by Gasteiger charge is -2.48. The van der Waals surface area contributed by atoms with Gasteiger partial charge in [0.2, 0.25) is 5.91 Å². The molecule has 1 aromatic heterocycles. The summed E-state index contributed by atoms with van der Waals surface area (Å²) in [4.78, 5) is 26.2. The van der Waals surface area contributed by atoms with Crippen molar-refractivity contribution in [3.05, 3.63) is 24.2 Å². The molecule has 1 spiro atoms. The lowest BCUT2D eigenvalue weighted by molar-refractivity contribution is -0.120. The van der Waals surface area contributed by atoms with Crippen molar-refractivity contribution in [2.24, 2.45) is 0 Å². The Morgan fingerprint density at radius 2 is 2.40 bits per heavy atom. The van der Waals surface area contributed by atoms with Crippen molar-refractivity contribution >= 4 is 11.8 Å². The normalized spacial score (nSPS) is 29.8. The molecule has 0 bridgehead atoms. The first kappa shape index (κ1) is 13.2. The summed E-state index contributed by atoms with van der Waals surface area (Å²) in [7, 11) is 0. The average Bonchev–Trinajstić information content (AvgIpc) is 3.08. The number of nitrogens with one attached hydrogen (secondary N) is 1. The van der Waals surface area contributed by atoms with Gasteiger partial charge in [0.1, 0.15) is 6.26 Å². The number of amides is 2. The van der Waals surface area contributed by atoms with Crippen LogP contribution in [0, 0.1) is 0 Å². The topological polar surface area (TPSA) is 62.6 Å². The quantitative estimate of drug-likeness (QED) is 0.898. The minimum absolute atomic E-state index is 0.00539. The van der Waals surface area contributed by atoms with E-state index in [1.54, 1.807) is 6.07 Å². The van der Waals surface area contributed by atoms with Crippen molar-refractivity contribution in [3.8, 4) is 0 Å². The number of rotatable bonds is 2. The number of hydrogen-bond donors (Lipinski definition) is 1. The van der Waals surface area contributed by atoms with Gasteiger partial charge >= 0.3 is 0 Å². The fraction of sp³-hybridized carbons (Fsp3) is 0.600. The van der Waals surface area contributed by atoms with Gasteiger partial charge in [-0.3, -0.25) is 9.59 Å². The number of likely N-dealkylation sites (tertiary alicyclic amines) is 1. The molecule has 1 N–H and O–H groups in total. The average molecular weight is 276 g/mol. The number of carbonyl (C=O) groups excluding carboxylic acids is 2. The smallest absolute Gasteiger partial charge is 0.257 e. The Bertz CT molecular complexity index is 511. The summed E-state index contributed by atoms with van der Waals surface area (Å²) in [6, 6.07) is 1.77. The van der Waals surface area contributed by atoms with Crippen LogP contribution in [0.5, 0.6) is 0 Å². The Labute approximate surface area is 118 Å². The molecular formula is C15H20N2O3. The Morgan fingerprint density at radius 3 is 3.00 bits per heavy atom. The third kappa shape index (κ3) is 2.01. The first-order valence-electron chi connectivity index (χ1n) is 7.30. The Balaban J connectivity index is 1.87. The van der Waals surface area contributed by atoms with Crippen molar-refractivity contribution in [2.75, 3.05) is 6.54 Å². The van der Waals surface area contributed by atoms with Gasteiger partial charge in [-0.05, 0) is 31.7 Å².